The van der Waals surface area contributed by atoms with Crippen molar-refractivity contribution < 1.29 is 27.5 Å². The first-order chi connectivity index (χ1) is 13.4. The van der Waals surface area contributed by atoms with Gasteiger partial charge in [0.2, 0.25) is 11.7 Å². The maximum absolute atomic E-state index is 13.3. The van der Waals surface area contributed by atoms with E-state index in [1.54, 1.807) is 13.8 Å². The van der Waals surface area contributed by atoms with Gasteiger partial charge < -0.3 is 14.5 Å². The second-order valence-corrected chi connectivity index (χ2v) is 6.52. The van der Waals surface area contributed by atoms with Crippen LogP contribution in [0.25, 0.3) is 0 Å². The van der Waals surface area contributed by atoms with E-state index in [4.69, 9.17) is 9.15 Å². The molecule has 0 spiro atoms. The number of carbonyl (C=O) groups excluding carboxylic acids is 2. The van der Waals surface area contributed by atoms with Gasteiger partial charge in [-0.05, 0) is 37.5 Å². The van der Waals surface area contributed by atoms with E-state index in [1.807, 2.05) is 0 Å². The normalized spacial score (nSPS) is 10.7. The highest BCUT2D eigenvalue weighted by molar-refractivity contribution is 7.06. The summed E-state index contributed by atoms with van der Waals surface area (Å²) >= 11 is 1.08. The molecule has 0 atom stereocenters. The summed E-state index contributed by atoms with van der Waals surface area (Å²) in [6.07, 6.45) is 1.38. The molecule has 0 saturated heterocycles. The number of carbonyl (C=O) groups is 2. The molecule has 10 heteroatoms. The molecule has 2 aromatic heterocycles. The van der Waals surface area contributed by atoms with Gasteiger partial charge >= 0.3 is 5.97 Å². The minimum absolute atomic E-state index is 0.0362. The monoisotopic (exact) mass is 407 g/mol. The van der Waals surface area contributed by atoms with E-state index in [9.17, 15) is 18.4 Å². The Hall–Kier alpha value is -3.14. The lowest BCUT2D eigenvalue weighted by atomic mass is 10.1. The molecule has 1 aromatic carbocycles. The molecule has 0 aliphatic carbocycles. The van der Waals surface area contributed by atoms with Crippen LogP contribution >= 0.6 is 11.5 Å². The summed E-state index contributed by atoms with van der Waals surface area (Å²) in [5, 5.41) is 2.52. The Bertz CT molecular complexity index is 1030. The Kier molecular flexibility index (Phi) is 5.78. The van der Waals surface area contributed by atoms with Crippen molar-refractivity contribution >= 4 is 29.1 Å². The number of amides is 1. The maximum Gasteiger partial charge on any atom is 0.375 e. The lowest BCUT2D eigenvalue weighted by Gasteiger charge is -2.06. The topological polar surface area (TPSA) is 94.3 Å². The van der Waals surface area contributed by atoms with Gasteiger partial charge in [-0.3, -0.25) is 4.79 Å². The molecule has 0 saturated carbocycles. The zero-order chi connectivity index (χ0) is 20.3. The highest BCUT2D eigenvalue weighted by Gasteiger charge is 2.22. The van der Waals surface area contributed by atoms with Crippen molar-refractivity contribution in [3.05, 3.63) is 63.8 Å². The molecule has 0 bridgehead atoms. The van der Waals surface area contributed by atoms with E-state index < -0.39 is 23.5 Å². The van der Waals surface area contributed by atoms with Gasteiger partial charge in [-0.15, -0.1) is 0 Å². The quantitative estimate of drug-likeness (QED) is 0.626. The standard InChI is InChI=1S/C18H15F2N3O4S/c1-3-26-18(25)13-8-21-15(27-13)7-14-16(9(2)23-28-14)17(24)22-10-4-5-11(19)12(20)6-10/h4-6,8H,3,7H2,1-2H3,(H,22,24). The first kappa shape index (κ1) is 19.6. The van der Waals surface area contributed by atoms with Crippen LogP contribution < -0.4 is 5.32 Å². The number of anilines is 1. The molecule has 0 aliphatic heterocycles. The summed E-state index contributed by atoms with van der Waals surface area (Å²) in [4.78, 5) is 28.8. The van der Waals surface area contributed by atoms with Gasteiger partial charge in [-0.25, -0.2) is 18.6 Å². The molecule has 7 nitrogen and oxygen atoms in total. The van der Waals surface area contributed by atoms with E-state index in [1.165, 1.54) is 12.3 Å². The van der Waals surface area contributed by atoms with Crippen molar-refractivity contribution in [1.29, 1.82) is 0 Å². The smallest absolute Gasteiger partial charge is 0.375 e. The molecule has 0 fully saturated rings. The molecule has 0 radical (unpaired) electrons. The van der Waals surface area contributed by atoms with Crippen LogP contribution in [0.2, 0.25) is 0 Å². The molecule has 0 unspecified atom stereocenters. The number of hydrogen-bond donors (Lipinski definition) is 1. The number of hydrogen-bond acceptors (Lipinski definition) is 7. The summed E-state index contributed by atoms with van der Waals surface area (Å²) in [7, 11) is 0. The summed E-state index contributed by atoms with van der Waals surface area (Å²) < 4.78 is 40.8. The molecular formula is C18H15F2N3O4S. The highest BCUT2D eigenvalue weighted by Crippen LogP contribution is 2.24. The van der Waals surface area contributed by atoms with E-state index >= 15 is 0 Å². The Morgan fingerprint density at radius 3 is 2.79 bits per heavy atom. The zero-order valence-corrected chi connectivity index (χ0v) is 15.7. The average molecular weight is 407 g/mol. The Morgan fingerprint density at radius 2 is 2.07 bits per heavy atom. The van der Waals surface area contributed by atoms with Crippen LogP contribution in [0.5, 0.6) is 0 Å². The number of aromatic nitrogens is 2. The van der Waals surface area contributed by atoms with Crippen LogP contribution in [-0.2, 0) is 11.2 Å². The maximum atomic E-state index is 13.3. The van der Waals surface area contributed by atoms with E-state index in [0.29, 0.717) is 10.6 Å². The number of aryl methyl sites for hydroxylation is 1. The number of esters is 1. The molecule has 3 rings (SSSR count). The third kappa shape index (κ3) is 4.22. The van der Waals surface area contributed by atoms with Crippen LogP contribution in [-0.4, -0.2) is 27.8 Å². The molecule has 3 aromatic rings. The van der Waals surface area contributed by atoms with Gasteiger partial charge in [0.1, 0.15) is 0 Å². The average Bonchev–Trinajstić information content (AvgIpc) is 3.26. The summed E-state index contributed by atoms with van der Waals surface area (Å²) in [5.41, 5.74) is 0.865. The van der Waals surface area contributed by atoms with E-state index in [-0.39, 0.29) is 35.9 Å². The Balaban J connectivity index is 1.79. The van der Waals surface area contributed by atoms with Crippen molar-refractivity contribution in [1.82, 2.24) is 9.36 Å². The van der Waals surface area contributed by atoms with Gasteiger partial charge in [0.15, 0.2) is 11.6 Å². The number of nitrogens with one attached hydrogen (secondary N) is 1. The summed E-state index contributed by atoms with van der Waals surface area (Å²) in [5.74, 6) is -3.04. The fraction of sp³-hybridized carbons (Fsp3) is 0.222. The van der Waals surface area contributed by atoms with Gasteiger partial charge in [0.25, 0.3) is 5.91 Å². The van der Waals surface area contributed by atoms with Crippen LogP contribution in [0.1, 0.15) is 44.3 Å². The zero-order valence-electron chi connectivity index (χ0n) is 14.9. The minimum atomic E-state index is -1.07. The predicted molar refractivity (Wildman–Crippen MR) is 96.4 cm³/mol. The molecule has 2 heterocycles. The van der Waals surface area contributed by atoms with Crippen molar-refractivity contribution in [2.75, 3.05) is 11.9 Å². The lowest BCUT2D eigenvalue weighted by Crippen LogP contribution is -2.14. The molecule has 28 heavy (non-hydrogen) atoms. The number of rotatable bonds is 6. The predicted octanol–water partition coefficient (Wildman–Crippen LogP) is 3.74. The van der Waals surface area contributed by atoms with Crippen molar-refractivity contribution in [3.8, 4) is 0 Å². The summed E-state index contributed by atoms with van der Waals surface area (Å²) in [6.45, 7) is 3.53. The number of benzene rings is 1. The molecular weight excluding hydrogens is 392 g/mol. The molecule has 1 amide bonds. The van der Waals surface area contributed by atoms with Crippen molar-refractivity contribution in [3.63, 3.8) is 0 Å². The van der Waals surface area contributed by atoms with Crippen LogP contribution in [0.4, 0.5) is 14.5 Å². The lowest BCUT2D eigenvalue weighted by molar-refractivity contribution is 0.0488. The molecule has 0 aliphatic rings. The van der Waals surface area contributed by atoms with E-state index in [2.05, 4.69) is 14.7 Å². The molecule has 1 N–H and O–H groups in total. The number of oxazole rings is 1. The van der Waals surface area contributed by atoms with E-state index in [0.717, 1.165) is 23.7 Å². The third-order valence-electron chi connectivity index (χ3n) is 3.68. The van der Waals surface area contributed by atoms with Crippen LogP contribution in [0.3, 0.4) is 0 Å². The third-order valence-corrected chi connectivity index (χ3v) is 4.61. The first-order valence-corrected chi connectivity index (χ1v) is 8.99. The number of nitrogens with zero attached hydrogens (tertiary/aromatic N) is 2. The Labute approximate surface area is 162 Å². The van der Waals surface area contributed by atoms with Crippen molar-refractivity contribution in [2.45, 2.75) is 20.3 Å². The van der Waals surface area contributed by atoms with Gasteiger partial charge in [-0.2, -0.15) is 4.37 Å². The number of halogens is 2. The first-order valence-electron chi connectivity index (χ1n) is 8.22. The van der Waals surface area contributed by atoms with Crippen LogP contribution in [0.15, 0.2) is 28.8 Å². The van der Waals surface area contributed by atoms with Gasteiger partial charge in [0, 0.05) is 16.6 Å². The molecule has 146 valence electrons. The second-order valence-electron chi connectivity index (χ2n) is 5.66. The van der Waals surface area contributed by atoms with Gasteiger partial charge in [0.05, 0.1) is 30.5 Å². The minimum Gasteiger partial charge on any atom is -0.460 e. The fourth-order valence-corrected chi connectivity index (χ4v) is 3.28. The summed E-state index contributed by atoms with van der Waals surface area (Å²) in [6, 6.07) is 3.07. The van der Waals surface area contributed by atoms with Crippen LogP contribution in [0, 0.1) is 18.6 Å². The van der Waals surface area contributed by atoms with Gasteiger partial charge in [-0.1, -0.05) is 0 Å². The largest absolute Gasteiger partial charge is 0.460 e. The fourth-order valence-electron chi connectivity index (χ4n) is 2.42. The highest BCUT2D eigenvalue weighted by atomic mass is 32.1. The number of ether oxygens (including phenoxy) is 1. The second kappa shape index (κ2) is 8.26. The Morgan fingerprint density at radius 1 is 1.29 bits per heavy atom. The SMILES string of the molecule is CCOC(=O)c1cnc(Cc2snc(C)c2C(=O)Nc2ccc(F)c(F)c2)o1. The van der Waals surface area contributed by atoms with Crippen molar-refractivity contribution in [2.24, 2.45) is 0 Å².